The number of rotatable bonds is 8. The van der Waals surface area contributed by atoms with E-state index in [1.54, 1.807) is 13.2 Å². The van der Waals surface area contributed by atoms with Gasteiger partial charge in [-0.2, -0.15) is 9.78 Å². The topological polar surface area (TPSA) is 150 Å². The minimum Gasteiger partial charge on any atom is -0.497 e. The first-order valence-electron chi connectivity index (χ1n) is 9.83. The van der Waals surface area contributed by atoms with Crippen LogP contribution in [0.1, 0.15) is 21.7 Å². The molecule has 2 aromatic carbocycles. The number of methoxy groups -OCH3 is 1. The summed E-state index contributed by atoms with van der Waals surface area (Å²) in [5.41, 5.74) is 10.5. The Hall–Kier alpha value is -4.74. The lowest BCUT2D eigenvalue weighted by molar-refractivity contribution is 0.0949. The number of amides is 1. The van der Waals surface area contributed by atoms with E-state index in [9.17, 15) is 4.79 Å². The van der Waals surface area contributed by atoms with Gasteiger partial charge in [0.15, 0.2) is 5.69 Å². The Morgan fingerprint density at radius 2 is 2.06 bits per heavy atom. The van der Waals surface area contributed by atoms with Crippen LogP contribution < -0.4 is 20.8 Å². The zero-order chi connectivity index (χ0) is 23.2. The molecule has 168 valence electrons. The molecule has 0 aliphatic rings. The molecule has 2 heterocycles. The molecule has 0 fully saturated rings. The third-order valence-corrected chi connectivity index (χ3v) is 4.73. The van der Waals surface area contributed by atoms with E-state index in [0.29, 0.717) is 11.4 Å². The number of hydrazone groups is 1. The SMILES string of the molecule is COc1cccc(/C=N\NC(=O)c2nnn(-c3nonc3N)c2CN(C)c2ccccc2)c1. The first-order valence-corrected chi connectivity index (χ1v) is 9.83. The summed E-state index contributed by atoms with van der Waals surface area (Å²) in [5.74, 6) is 0.287. The highest BCUT2D eigenvalue weighted by atomic mass is 16.6. The van der Waals surface area contributed by atoms with Gasteiger partial charge >= 0.3 is 0 Å². The zero-order valence-electron chi connectivity index (χ0n) is 17.9. The van der Waals surface area contributed by atoms with E-state index in [-0.39, 0.29) is 23.9 Å². The first kappa shape index (κ1) is 21.5. The number of nitrogens with two attached hydrogens (primary N) is 1. The number of para-hydroxylation sites is 1. The molecule has 0 saturated heterocycles. The molecule has 0 spiro atoms. The number of benzene rings is 2. The number of nitrogen functional groups attached to an aromatic ring is 1. The standard InChI is InChI=1S/C21H21N9O3/c1-29(15-8-4-3-5-9-15)13-17-18(24-28-30(17)20-19(22)26-33-27-20)21(31)25-23-12-14-7-6-10-16(11-14)32-2/h3-12H,13H2,1-2H3,(H2,22,26)(H,25,31)/b23-12-. The molecule has 0 bridgehead atoms. The molecule has 0 aliphatic carbocycles. The van der Waals surface area contributed by atoms with E-state index in [0.717, 1.165) is 11.3 Å². The van der Waals surface area contributed by atoms with Crippen LogP contribution in [0.4, 0.5) is 11.5 Å². The van der Waals surface area contributed by atoms with Gasteiger partial charge in [-0.15, -0.1) is 5.10 Å². The van der Waals surface area contributed by atoms with E-state index >= 15 is 0 Å². The molecular weight excluding hydrogens is 426 g/mol. The van der Waals surface area contributed by atoms with Gasteiger partial charge in [-0.3, -0.25) is 4.79 Å². The van der Waals surface area contributed by atoms with Crippen LogP contribution in [0.5, 0.6) is 5.75 Å². The van der Waals surface area contributed by atoms with Crippen molar-refractivity contribution in [3.05, 3.63) is 71.5 Å². The Kier molecular flexibility index (Phi) is 6.25. The molecule has 0 unspecified atom stereocenters. The number of nitrogens with one attached hydrogen (secondary N) is 1. The number of ether oxygens (including phenoxy) is 1. The molecule has 12 nitrogen and oxygen atoms in total. The van der Waals surface area contributed by atoms with Crippen LogP contribution in [0, 0.1) is 0 Å². The van der Waals surface area contributed by atoms with Crippen LogP contribution in [0.25, 0.3) is 5.82 Å². The lowest BCUT2D eigenvalue weighted by Crippen LogP contribution is -2.24. The molecule has 0 atom stereocenters. The molecule has 3 N–H and O–H groups in total. The third-order valence-electron chi connectivity index (χ3n) is 4.73. The maximum Gasteiger partial charge on any atom is 0.293 e. The monoisotopic (exact) mass is 447 g/mol. The first-order chi connectivity index (χ1) is 16.1. The molecule has 0 aliphatic heterocycles. The van der Waals surface area contributed by atoms with Crippen LogP contribution in [-0.4, -0.2) is 51.6 Å². The smallest absolute Gasteiger partial charge is 0.293 e. The Morgan fingerprint density at radius 1 is 1.24 bits per heavy atom. The molecule has 0 saturated carbocycles. The van der Waals surface area contributed by atoms with Gasteiger partial charge in [0.1, 0.15) is 5.75 Å². The molecule has 4 rings (SSSR count). The van der Waals surface area contributed by atoms with Crippen molar-refractivity contribution < 1.29 is 14.2 Å². The van der Waals surface area contributed by atoms with E-state index in [4.69, 9.17) is 10.5 Å². The molecular formula is C21H21N9O3. The highest BCUT2D eigenvalue weighted by molar-refractivity contribution is 5.94. The Bertz CT molecular complexity index is 1270. The summed E-state index contributed by atoms with van der Waals surface area (Å²) in [7, 11) is 3.45. The van der Waals surface area contributed by atoms with Gasteiger partial charge < -0.3 is 15.4 Å². The maximum atomic E-state index is 12.9. The van der Waals surface area contributed by atoms with Crippen molar-refractivity contribution in [2.24, 2.45) is 5.10 Å². The fraction of sp³-hybridized carbons (Fsp3) is 0.143. The van der Waals surface area contributed by atoms with Crippen molar-refractivity contribution in [2.45, 2.75) is 6.54 Å². The summed E-state index contributed by atoms with van der Waals surface area (Å²) in [6.07, 6.45) is 1.50. The predicted molar refractivity (Wildman–Crippen MR) is 120 cm³/mol. The van der Waals surface area contributed by atoms with Gasteiger partial charge in [0.2, 0.25) is 11.6 Å². The Labute approximate surface area is 188 Å². The fourth-order valence-electron chi connectivity index (χ4n) is 3.07. The van der Waals surface area contributed by atoms with Crippen molar-refractivity contribution in [2.75, 3.05) is 24.8 Å². The lowest BCUT2D eigenvalue weighted by Gasteiger charge is -2.19. The van der Waals surface area contributed by atoms with Crippen LogP contribution in [-0.2, 0) is 6.54 Å². The molecule has 33 heavy (non-hydrogen) atoms. The summed E-state index contributed by atoms with van der Waals surface area (Å²) in [6, 6.07) is 16.9. The number of nitrogens with zero attached hydrogens (tertiary/aromatic N) is 7. The van der Waals surface area contributed by atoms with E-state index in [2.05, 4.69) is 35.8 Å². The van der Waals surface area contributed by atoms with Crippen LogP contribution in [0.3, 0.4) is 0 Å². The molecule has 2 aromatic heterocycles. The van der Waals surface area contributed by atoms with Gasteiger partial charge in [0.05, 0.1) is 25.6 Å². The highest BCUT2D eigenvalue weighted by Crippen LogP contribution is 2.20. The van der Waals surface area contributed by atoms with E-state index < -0.39 is 5.91 Å². The fourth-order valence-corrected chi connectivity index (χ4v) is 3.07. The summed E-state index contributed by atoms with van der Waals surface area (Å²) in [5, 5.41) is 19.4. The Balaban J connectivity index is 1.60. The minimum atomic E-state index is -0.549. The second-order valence-electron chi connectivity index (χ2n) is 6.94. The van der Waals surface area contributed by atoms with E-state index in [1.807, 2.05) is 60.5 Å². The summed E-state index contributed by atoms with van der Waals surface area (Å²) < 4.78 is 11.2. The van der Waals surface area contributed by atoms with Crippen LogP contribution in [0.2, 0.25) is 0 Å². The lowest BCUT2D eigenvalue weighted by atomic mass is 10.2. The zero-order valence-corrected chi connectivity index (χ0v) is 17.9. The number of carbonyl (C=O) groups is 1. The molecule has 12 heteroatoms. The molecule has 4 aromatic rings. The van der Waals surface area contributed by atoms with Gasteiger partial charge in [0.25, 0.3) is 5.91 Å². The second-order valence-corrected chi connectivity index (χ2v) is 6.94. The van der Waals surface area contributed by atoms with Crippen LogP contribution >= 0.6 is 0 Å². The third kappa shape index (κ3) is 4.79. The summed E-state index contributed by atoms with van der Waals surface area (Å²) in [4.78, 5) is 14.8. The molecule has 1 amide bonds. The molecule has 0 radical (unpaired) electrons. The maximum absolute atomic E-state index is 12.9. The second kappa shape index (κ2) is 9.60. The van der Waals surface area contributed by atoms with Gasteiger partial charge in [-0.05, 0) is 40.1 Å². The largest absolute Gasteiger partial charge is 0.497 e. The summed E-state index contributed by atoms with van der Waals surface area (Å²) >= 11 is 0. The Morgan fingerprint density at radius 3 is 2.79 bits per heavy atom. The number of carbonyl (C=O) groups excluding carboxylic acids is 1. The van der Waals surface area contributed by atoms with Crippen molar-refractivity contribution >= 4 is 23.6 Å². The van der Waals surface area contributed by atoms with Crippen LogP contribution in [0.15, 0.2) is 64.3 Å². The number of anilines is 2. The highest BCUT2D eigenvalue weighted by Gasteiger charge is 2.25. The number of hydrogen-bond acceptors (Lipinski definition) is 10. The van der Waals surface area contributed by atoms with Crippen molar-refractivity contribution in [1.82, 2.24) is 30.7 Å². The quantitative estimate of drug-likeness (QED) is 0.303. The van der Waals surface area contributed by atoms with Crippen molar-refractivity contribution in [3.63, 3.8) is 0 Å². The predicted octanol–water partition coefficient (Wildman–Crippen LogP) is 1.64. The number of hydrogen-bond donors (Lipinski definition) is 2. The number of aromatic nitrogens is 5. The normalized spacial score (nSPS) is 11.0. The van der Waals surface area contributed by atoms with Crippen molar-refractivity contribution in [3.8, 4) is 11.6 Å². The van der Waals surface area contributed by atoms with Crippen molar-refractivity contribution in [1.29, 1.82) is 0 Å². The van der Waals surface area contributed by atoms with E-state index in [1.165, 1.54) is 10.9 Å². The van der Waals surface area contributed by atoms with Gasteiger partial charge in [0, 0.05) is 12.7 Å². The average Bonchev–Trinajstić information content (AvgIpc) is 3.45. The van der Waals surface area contributed by atoms with Gasteiger partial charge in [-0.1, -0.05) is 35.5 Å². The summed E-state index contributed by atoms with van der Waals surface area (Å²) in [6.45, 7) is 0.270. The minimum absolute atomic E-state index is 0.0199. The van der Waals surface area contributed by atoms with Gasteiger partial charge in [-0.25, -0.2) is 10.1 Å². The average molecular weight is 447 g/mol.